The fourth-order valence-corrected chi connectivity index (χ4v) is 3.12. The molecule has 5 atom stereocenters. The maximum absolute atomic E-state index is 13.4. The second-order valence-electron chi connectivity index (χ2n) is 6.17. The number of hydrogen-bond acceptors (Lipinski definition) is 8. The van der Waals surface area contributed by atoms with E-state index in [1.165, 1.54) is 23.3 Å². The van der Waals surface area contributed by atoms with Gasteiger partial charge in [0.2, 0.25) is 0 Å². The van der Waals surface area contributed by atoms with Crippen molar-refractivity contribution >= 4 is 17.0 Å². The van der Waals surface area contributed by atoms with Gasteiger partial charge in [-0.05, 0) is 17.7 Å². The number of rotatable bonds is 3. The summed E-state index contributed by atoms with van der Waals surface area (Å²) in [6.45, 7) is 0. The van der Waals surface area contributed by atoms with Gasteiger partial charge in [0.25, 0.3) is 0 Å². The topological polar surface area (TPSA) is 140 Å². The van der Waals surface area contributed by atoms with Gasteiger partial charge in [0.05, 0.1) is 6.33 Å². The van der Waals surface area contributed by atoms with Crippen LogP contribution in [0.4, 0.5) is 14.6 Å². The zero-order valence-electron chi connectivity index (χ0n) is 13.6. The van der Waals surface area contributed by atoms with Gasteiger partial charge >= 0.3 is 0 Å². The Morgan fingerprint density at radius 2 is 1.89 bits per heavy atom. The summed E-state index contributed by atoms with van der Waals surface area (Å²) in [6.07, 6.45) is -4.37. The molecule has 0 spiro atoms. The van der Waals surface area contributed by atoms with E-state index in [0.717, 1.165) is 12.1 Å². The third-order valence-corrected chi connectivity index (χ3v) is 4.53. The first-order chi connectivity index (χ1) is 12.9. The van der Waals surface area contributed by atoms with Crippen molar-refractivity contribution in [2.45, 2.75) is 30.6 Å². The minimum absolute atomic E-state index is 0.00661. The second kappa shape index (κ2) is 6.46. The summed E-state index contributed by atoms with van der Waals surface area (Å²) in [7, 11) is 0. The molecule has 1 aromatic carbocycles. The average Bonchev–Trinajstić information content (AvgIpc) is 3.20. The molecule has 27 heavy (non-hydrogen) atoms. The number of aliphatic hydroxyl groups is 3. The molecule has 1 saturated heterocycles. The zero-order chi connectivity index (χ0) is 19.3. The van der Waals surface area contributed by atoms with E-state index in [-0.39, 0.29) is 22.5 Å². The van der Waals surface area contributed by atoms with E-state index in [9.17, 15) is 24.1 Å². The molecule has 0 saturated carbocycles. The molecule has 0 radical (unpaired) electrons. The van der Waals surface area contributed by atoms with Gasteiger partial charge in [-0.1, -0.05) is 6.07 Å². The summed E-state index contributed by atoms with van der Waals surface area (Å²) in [5, 5.41) is 31.1. The number of nitrogens with two attached hydrogens (primary N) is 1. The second-order valence-corrected chi connectivity index (χ2v) is 6.17. The Morgan fingerprint density at radius 3 is 2.63 bits per heavy atom. The molecule has 2 aromatic heterocycles. The highest BCUT2D eigenvalue weighted by atomic mass is 19.2. The summed E-state index contributed by atoms with van der Waals surface area (Å²) >= 11 is 0. The molecule has 0 aliphatic carbocycles. The van der Waals surface area contributed by atoms with Crippen LogP contribution in [-0.2, 0) is 4.74 Å². The van der Waals surface area contributed by atoms with Crippen LogP contribution in [0.3, 0.4) is 0 Å². The molecular formula is C16H15F2N5O4. The average molecular weight is 379 g/mol. The molecule has 3 aromatic rings. The van der Waals surface area contributed by atoms with Gasteiger partial charge < -0.3 is 25.8 Å². The van der Waals surface area contributed by atoms with Crippen LogP contribution in [0, 0.1) is 11.6 Å². The Bertz CT molecular complexity index is 1000. The van der Waals surface area contributed by atoms with Crippen molar-refractivity contribution in [2.75, 3.05) is 5.73 Å². The fourth-order valence-electron chi connectivity index (χ4n) is 3.12. The molecule has 0 bridgehead atoms. The quantitative estimate of drug-likeness (QED) is 0.500. The number of hydrogen-bond donors (Lipinski definition) is 4. The number of halogens is 2. The van der Waals surface area contributed by atoms with Crippen LogP contribution in [0.1, 0.15) is 17.9 Å². The largest absolute Gasteiger partial charge is 0.387 e. The maximum Gasteiger partial charge on any atom is 0.167 e. The van der Waals surface area contributed by atoms with Crippen LogP contribution in [0.15, 0.2) is 30.9 Å². The molecule has 11 heteroatoms. The van der Waals surface area contributed by atoms with Crippen LogP contribution in [0.5, 0.6) is 0 Å². The number of anilines is 1. The molecule has 1 fully saturated rings. The van der Waals surface area contributed by atoms with E-state index in [1.807, 2.05) is 0 Å². The van der Waals surface area contributed by atoms with Crippen LogP contribution in [0.2, 0.25) is 0 Å². The predicted molar refractivity (Wildman–Crippen MR) is 87.0 cm³/mol. The number of aliphatic hydroxyl groups excluding tert-OH is 3. The van der Waals surface area contributed by atoms with Crippen LogP contribution in [0.25, 0.3) is 11.2 Å². The van der Waals surface area contributed by atoms with E-state index in [1.54, 1.807) is 0 Å². The third-order valence-electron chi connectivity index (χ3n) is 4.53. The summed E-state index contributed by atoms with van der Waals surface area (Å²) in [5.41, 5.74) is 6.27. The normalized spacial score (nSPS) is 26.6. The van der Waals surface area contributed by atoms with E-state index in [4.69, 9.17) is 10.5 Å². The fraction of sp³-hybridized carbons (Fsp3) is 0.312. The van der Waals surface area contributed by atoms with Crippen LogP contribution >= 0.6 is 0 Å². The lowest BCUT2D eigenvalue weighted by Crippen LogP contribution is -2.34. The highest BCUT2D eigenvalue weighted by Gasteiger charge is 2.47. The molecular weight excluding hydrogens is 364 g/mol. The van der Waals surface area contributed by atoms with Gasteiger partial charge in [-0.2, -0.15) is 0 Å². The number of imidazole rings is 1. The zero-order valence-corrected chi connectivity index (χ0v) is 13.6. The van der Waals surface area contributed by atoms with Gasteiger partial charge in [-0.15, -0.1) is 0 Å². The van der Waals surface area contributed by atoms with Crippen molar-refractivity contribution in [3.05, 3.63) is 48.1 Å². The summed E-state index contributed by atoms with van der Waals surface area (Å²) in [5.74, 6) is -2.09. The lowest BCUT2D eigenvalue weighted by Gasteiger charge is -2.21. The SMILES string of the molecule is Nc1ncnc2c1ncn2C1OC(C(O)c2ccc(F)c(F)c2)C(O)C1O. The summed E-state index contributed by atoms with van der Waals surface area (Å²) in [6, 6.07) is 2.82. The van der Waals surface area contributed by atoms with Crippen LogP contribution < -0.4 is 5.73 Å². The molecule has 142 valence electrons. The lowest BCUT2D eigenvalue weighted by atomic mass is 9.99. The standard InChI is InChI=1S/C16H15F2N5O4/c17-7-2-1-6(3-8(7)18)10(24)13-11(25)12(26)16(27-13)23-5-22-9-14(19)20-4-21-15(9)23/h1-5,10-13,16,24-26H,(H2,19,20,21). The molecule has 3 heterocycles. The molecule has 4 rings (SSSR count). The summed E-state index contributed by atoms with van der Waals surface area (Å²) in [4.78, 5) is 11.9. The molecule has 0 amide bonds. The highest BCUT2D eigenvalue weighted by Crippen LogP contribution is 2.37. The first-order valence-corrected chi connectivity index (χ1v) is 7.96. The predicted octanol–water partition coefficient (Wildman–Crippen LogP) is 0.0395. The Morgan fingerprint density at radius 1 is 1.11 bits per heavy atom. The van der Waals surface area contributed by atoms with Crippen molar-refractivity contribution in [2.24, 2.45) is 0 Å². The third kappa shape index (κ3) is 2.80. The van der Waals surface area contributed by atoms with Gasteiger partial charge in [0.15, 0.2) is 29.3 Å². The number of aromatic nitrogens is 4. The van der Waals surface area contributed by atoms with E-state index in [2.05, 4.69) is 15.0 Å². The van der Waals surface area contributed by atoms with Gasteiger partial charge in [-0.25, -0.2) is 23.7 Å². The first-order valence-electron chi connectivity index (χ1n) is 7.96. The van der Waals surface area contributed by atoms with Crippen LogP contribution in [-0.4, -0.2) is 53.2 Å². The Balaban J connectivity index is 1.66. The van der Waals surface area contributed by atoms with E-state index < -0.39 is 42.3 Å². The maximum atomic E-state index is 13.4. The molecule has 9 nitrogen and oxygen atoms in total. The number of fused-ring (bicyclic) bond motifs is 1. The van der Waals surface area contributed by atoms with Crippen molar-refractivity contribution in [3.63, 3.8) is 0 Å². The lowest BCUT2D eigenvalue weighted by molar-refractivity contribution is -0.0850. The minimum atomic E-state index is -1.51. The Hall–Kier alpha value is -2.73. The number of nitrogen functional groups attached to an aromatic ring is 1. The minimum Gasteiger partial charge on any atom is -0.387 e. The smallest absolute Gasteiger partial charge is 0.167 e. The monoisotopic (exact) mass is 379 g/mol. The number of benzene rings is 1. The molecule has 5 N–H and O–H groups in total. The van der Waals surface area contributed by atoms with Gasteiger partial charge in [0.1, 0.15) is 36.3 Å². The molecule has 1 aliphatic rings. The van der Waals surface area contributed by atoms with Crippen molar-refractivity contribution in [3.8, 4) is 0 Å². The van der Waals surface area contributed by atoms with Crippen molar-refractivity contribution in [1.82, 2.24) is 19.5 Å². The van der Waals surface area contributed by atoms with Crippen molar-refractivity contribution in [1.29, 1.82) is 0 Å². The highest BCUT2D eigenvalue weighted by molar-refractivity contribution is 5.81. The number of ether oxygens (including phenoxy) is 1. The van der Waals surface area contributed by atoms with Gasteiger partial charge in [0, 0.05) is 0 Å². The Kier molecular flexibility index (Phi) is 4.23. The molecule has 1 aliphatic heterocycles. The summed E-state index contributed by atoms with van der Waals surface area (Å²) < 4.78 is 33.5. The van der Waals surface area contributed by atoms with Crippen molar-refractivity contribution < 1.29 is 28.8 Å². The first kappa shape index (κ1) is 17.7. The van der Waals surface area contributed by atoms with E-state index >= 15 is 0 Å². The molecule has 5 unspecified atom stereocenters. The number of nitrogens with zero attached hydrogens (tertiary/aromatic N) is 4. The van der Waals surface area contributed by atoms with E-state index in [0.29, 0.717) is 0 Å². The van der Waals surface area contributed by atoms with Gasteiger partial charge in [-0.3, -0.25) is 4.57 Å². The Labute approximate surface area is 150 Å².